The van der Waals surface area contributed by atoms with Crippen molar-refractivity contribution in [2.75, 3.05) is 0 Å². The summed E-state index contributed by atoms with van der Waals surface area (Å²) < 4.78 is 46.3. The summed E-state index contributed by atoms with van der Waals surface area (Å²) in [4.78, 5) is 31.0. The zero-order valence-corrected chi connectivity index (χ0v) is 17.0. The van der Waals surface area contributed by atoms with E-state index in [-0.39, 0.29) is 52.5 Å². The highest BCUT2D eigenvalue weighted by Gasteiger charge is 2.35. The largest absolute Gasteiger partial charge is 0.459 e. The first-order valence-electron chi connectivity index (χ1n) is 9.79. The van der Waals surface area contributed by atoms with Crippen LogP contribution in [0, 0.1) is 0 Å². The molecule has 7 nitrogen and oxygen atoms in total. The fourth-order valence-corrected chi connectivity index (χ4v) is 3.28. The van der Waals surface area contributed by atoms with Crippen LogP contribution in [0.1, 0.15) is 27.2 Å². The first-order chi connectivity index (χ1) is 15.8. The summed E-state index contributed by atoms with van der Waals surface area (Å²) in [6.07, 6.45) is 0.337. The van der Waals surface area contributed by atoms with Crippen molar-refractivity contribution >= 4 is 23.3 Å². The van der Waals surface area contributed by atoms with Gasteiger partial charge in [-0.3, -0.25) is 19.6 Å². The highest BCUT2D eigenvalue weighted by atomic mass is 19.4. The first kappa shape index (κ1) is 22.0. The Balaban J connectivity index is 1.60. The number of carbonyl (C=O) groups excluding carboxylic acids is 2. The number of alkyl halides is 3. The van der Waals surface area contributed by atoms with Crippen molar-refractivity contribution in [2.45, 2.75) is 19.3 Å². The predicted octanol–water partition coefficient (Wildman–Crippen LogP) is 4.08. The topological polar surface area (TPSA) is 97.1 Å². The summed E-state index contributed by atoms with van der Waals surface area (Å²) in [7, 11) is 0. The van der Waals surface area contributed by atoms with Gasteiger partial charge in [0.25, 0.3) is 5.91 Å². The van der Waals surface area contributed by atoms with Crippen LogP contribution in [0.15, 0.2) is 65.5 Å². The number of pyridine rings is 2. The molecule has 0 aliphatic carbocycles. The van der Waals surface area contributed by atoms with E-state index in [4.69, 9.17) is 4.42 Å². The van der Waals surface area contributed by atoms with Crippen molar-refractivity contribution in [1.29, 1.82) is 0 Å². The maximum absolute atomic E-state index is 13.7. The number of rotatable bonds is 7. The molecule has 3 aromatic heterocycles. The van der Waals surface area contributed by atoms with Crippen molar-refractivity contribution in [1.82, 2.24) is 20.6 Å². The van der Waals surface area contributed by atoms with Crippen molar-refractivity contribution in [2.24, 2.45) is 0 Å². The van der Waals surface area contributed by atoms with Gasteiger partial charge in [-0.15, -0.1) is 0 Å². The van der Waals surface area contributed by atoms with Gasteiger partial charge >= 0.3 is 6.18 Å². The molecule has 0 spiro atoms. The zero-order valence-electron chi connectivity index (χ0n) is 17.0. The molecule has 0 radical (unpaired) electrons. The second-order valence-corrected chi connectivity index (χ2v) is 7.13. The number of hydrogen-bond donors (Lipinski definition) is 2. The minimum Gasteiger partial charge on any atom is -0.459 e. The van der Waals surface area contributed by atoms with Gasteiger partial charge in [0.15, 0.2) is 0 Å². The summed E-state index contributed by atoms with van der Waals surface area (Å²) in [6, 6.07) is 10.5. The Morgan fingerprint density at radius 3 is 2.61 bits per heavy atom. The monoisotopic (exact) mass is 454 g/mol. The number of halogens is 3. The van der Waals surface area contributed by atoms with E-state index in [0.717, 1.165) is 11.6 Å². The molecule has 0 fully saturated rings. The van der Waals surface area contributed by atoms with Gasteiger partial charge in [0.1, 0.15) is 11.3 Å². The molecule has 2 N–H and O–H groups in total. The van der Waals surface area contributed by atoms with Gasteiger partial charge in [-0.1, -0.05) is 6.07 Å². The van der Waals surface area contributed by atoms with E-state index in [0.29, 0.717) is 6.41 Å². The quantitative estimate of drug-likeness (QED) is 0.410. The zero-order chi connectivity index (χ0) is 23.4. The molecule has 0 atom stereocenters. The predicted molar refractivity (Wildman–Crippen MR) is 113 cm³/mol. The fourth-order valence-electron chi connectivity index (χ4n) is 3.28. The lowest BCUT2D eigenvalue weighted by Crippen LogP contribution is -2.22. The van der Waals surface area contributed by atoms with Crippen molar-refractivity contribution < 1.29 is 27.2 Å². The van der Waals surface area contributed by atoms with Crippen LogP contribution < -0.4 is 10.6 Å². The molecule has 1 aromatic carbocycles. The van der Waals surface area contributed by atoms with Crippen LogP contribution in [0.2, 0.25) is 0 Å². The Hall–Kier alpha value is -4.21. The lowest BCUT2D eigenvalue weighted by atomic mass is 10.0. The number of aromatic nitrogens is 2. The average Bonchev–Trinajstić information content (AvgIpc) is 3.23. The number of furan rings is 1. The van der Waals surface area contributed by atoms with Crippen LogP contribution in [0.5, 0.6) is 0 Å². The van der Waals surface area contributed by atoms with Gasteiger partial charge in [-0.2, -0.15) is 13.2 Å². The molecule has 33 heavy (non-hydrogen) atoms. The van der Waals surface area contributed by atoms with E-state index in [1.807, 2.05) is 6.07 Å². The molecule has 4 rings (SSSR count). The summed E-state index contributed by atoms with van der Waals surface area (Å²) in [5.74, 6) is -0.181. The molecule has 2 amide bonds. The average molecular weight is 454 g/mol. The van der Waals surface area contributed by atoms with E-state index in [2.05, 4.69) is 20.6 Å². The summed E-state index contributed by atoms with van der Waals surface area (Å²) >= 11 is 0. The summed E-state index contributed by atoms with van der Waals surface area (Å²) in [6.45, 7) is 0.244. The van der Waals surface area contributed by atoms with Gasteiger partial charge in [-0.25, -0.2) is 0 Å². The molecule has 0 bridgehead atoms. The van der Waals surface area contributed by atoms with Gasteiger partial charge in [0.2, 0.25) is 6.41 Å². The molecular weight excluding hydrogens is 437 g/mol. The molecule has 0 unspecified atom stereocenters. The Bertz CT molecular complexity index is 1290. The van der Waals surface area contributed by atoms with Gasteiger partial charge < -0.3 is 15.1 Å². The molecule has 0 aliphatic rings. The molecule has 10 heteroatoms. The third-order valence-electron chi connectivity index (χ3n) is 4.83. The highest BCUT2D eigenvalue weighted by Crippen LogP contribution is 2.39. The highest BCUT2D eigenvalue weighted by molar-refractivity contribution is 5.94. The minimum absolute atomic E-state index is 0.0358. The third kappa shape index (κ3) is 5.00. The molecule has 0 saturated heterocycles. The second kappa shape index (κ2) is 9.11. The lowest BCUT2D eigenvalue weighted by molar-refractivity contribution is -0.136. The first-order valence-corrected chi connectivity index (χ1v) is 9.79. The summed E-state index contributed by atoms with van der Waals surface area (Å²) in [5, 5.41) is 5.32. The fraction of sp³-hybridized carbons (Fsp3) is 0.130. The lowest BCUT2D eigenvalue weighted by Gasteiger charge is -2.10. The molecule has 0 saturated carbocycles. The normalized spacial score (nSPS) is 11.4. The summed E-state index contributed by atoms with van der Waals surface area (Å²) in [5.41, 5.74) is 0.303. The third-order valence-corrected chi connectivity index (χ3v) is 4.83. The second-order valence-electron chi connectivity index (χ2n) is 7.13. The van der Waals surface area contributed by atoms with E-state index in [9.17, 15) is 22.8 Å². The number of amides is 2. The van der Waals surface area contributed by atoms with Gasteiger partial charge in [0, 0.05) is 36.1 Å². The van der Waals surface area contributed by atoms with Crippen LogP contribution in [0.3, 0.4) is 0 Å². The van der Waals surface area contributed by atoms with Crippen LogP contribution in [-0.2, 0) is 24.1 Å². The van der Waals surface area contributed by atoms with E-state index in [1.165, 1.54) is 30.5 Å². The standard InChI is InChI=1S/C23H17F3N4O3/c24-23(25,26)19-8-16(6-17-7-18(12-28-13-31)33-21(17)19)20-4-3-15(11-29-20)22(32)30-10-14-2-1-5-27-9-14/h1-9,11,13H,10,12H2,(H,28,31)(H,30,32). The minimum atomic E-state index is -4.66. The molecule has 0 aliphatic heterocycles. The van der Waals surface area contributed by atoms with E-state index >= 15 is 0 Å². The Morgan fingerprint density at radius 1 is 1.09 bits per heavy atom. The smallest absolute Gasteiger partial charge is 0.420 e. The van der Waals surface area contributed by atoms with Crippen LogP contribution in [0.25, 0.3) is 22.2 Å². The van der Waals surface area contributed by atoms with Crippen LogP contribution >= 0.6 is 0 Å². The number of benzene rings is 1. The van der Waals surface area contributed by atoms with Gasteiger partial charge in [-0.05, 0) is 42.0 Å². The number of hydrogen-bond acceptors (Lipinski definition) is 5. The maximum atomic E-state index is 13.7. The number of nitrogens with one attached hydrogen (secondary N) is 2. The molecular formula is C23H17F3N4O3. The number of carbonyl (C=O) groups is 2. The molecule has 4 aromatic rings. The van der Waals surface area contributed by atoms with Crippen molar-refractivity contribution in [3.63, 3.8) is 0 Å². The van der Waals surface area contributed by atoms with Crippen LogP contribution in [-0.4, -0.2) is 22.3 Å². The van der Waals surface area contributed by atoms with Crippen molar-refractivity contribution in [3.8, 4) is 11.3 Å². The maximum Gasteiger partial charge on any atom is 0.420 e. The number of fused-ring (bicyclic) bond motifs is 1. The van der Waals surface area contributed by atoms with Crippen molar-refractivity contribution in [3.05, 3.63) is 83.5 Å². The SMILES string of the molecule is O=CNCc1cc2cc(-c3ccc(C(=O)NCc4cccnc4)cn3)cc(C(F)(F)F)c2o1. The number of nitrogens with zero attached hydrogens (tertiary/aromatic N) is 2. The molecule has 168 valence electrons. The van der Waals surface area contributed by atoms with Gasteiger partial charge in [0.05, 0.1) is 23.4 Å². The Kier molecular flexibility index (Phi) is 6.07. The van der Waals surface area contributed by atoms with E-state index in [1.54, 1.807) is 18.5 Å². The Morgan fingerprint density at radius 2 is 1.94 bits per heavy atom. The van der Waals surface area contributed by atoms with E-state index < -0.39 is 11.7 Å². The Labute approximate surface area is 185 Å². The molecule has 3 heterocycles. The van der Waals surface area contributed by atoms with Crippen LogP contribution in [0.4, 0.5) is 13.2 Å².